The number of amides is 1. The van der Waals surface area contributed by atoms with E-state index in [-0.39, 0.29) is 24.5 Å². The molecule has 0 aliphatic rings. The lowest BCUT2D eigenvalue weighted by Crippen LogP contribution is -2.13. The van der Waals surface area contributed by atoms with E-state index >= 15 is 0 Å². The first kappa shape index (κ1) is 14.9. The van der Waals surface area contributed by atoms with Crippen LogP contribution in [0.1, 0.15) is 28.1 Å². The fourth-order valence-electron chi connectivity index (χ4n) is 1.73. The number of carbonyl (C=O) groups excluding carboxylic acids is 2. The highest BCUT2D eigenvalue weighted by Gasteiger charge is 2.10. The van der Waals surface area contributed by atoms with E-state index in [9.17, 15) is 9.59 Å². The van der Waals surface area contributed by atoms with Crippen LogP contribution in [0.5, 0.6) is 0 Å². The summed E-state index contributed by atoms with van der Waals surface area (Å²) in [7, 11) is 0. The van der Waals surface area contributed by atoms with Gasteiger partial charge in [-0.05, 0) is 42.1 Å². The average molecular weight is 352 g/mol. The van der Waals surface area contributed by atoms with Crippen LogP contribution in [0.2, 0.25) is 0 Å². The number of anilines is 1. The second-order valence-corrected chi connectivity index (χ2v) is 6.21. The number of hydrogen-bond acceptors (Lipinski definition) is 3. The number of benzene rings is 1. The molecule has 3 nitrogen and oxygen atoms in total. The lowest BCUT2D eigenvalue weighted by Gasteiger charge is -2.06. The Hall–Kier alpha value is -1.46. The molecule has 2 rings (SSSR count). The molecule has 1 amide bonds. The second kappa shape index (κ2) is 6.81. The first-order valence-corrected chi connectivity index (χ1v) is 7.86. The number of carbonyl (C=O) groups is 2. The Kier molecular flexibility index (Phi) is 5.09. The van der Waals surface area contributed by atoms with Crippen LogP contribution in [0.3, 0.4) is 0 Å². The summed E-state index contributed by atoms with van der Waals surface area (Å²) < 4.78 is 1.00. The fourth-order valence-corrected chi connectivity index (χ4v) is 2.67. The van der Waals surface area contributed by atoms with Gasteiger partial charge in [0.15, 0.2) is 5.78 Å². The highest BCUT2D eigenvalue weighted by atomic mass is 79.9. The van der Waals surface area contributed by atoms with Crippen LogP contribution in [-0.2, 0) is 4.79 Å². The number of rotatable bonds is 5. The van der Waals surface area contributed by atoms with Crippen LogP contribution in [0.25, 0.3) is 0 Å². The molecule has 0 aliphatic carbocycles. The van der Waals surface area contributed by atoms with E-state index in [4.69, 9.17) is 0 Å². The van der Waals surface area contributed by atoms with E-state index in [1.807, 2.05) is 36.6 Å². The molecule has 0 radical (unpaired) electrons. The highest BCUT2D eigenvalue weighted by molar-refractivity contribution is 9.10. The standard InChI is InChI=1S/C15H14BrNO2S/c1-10-9-11(4-5-12(10)16)17-15(19)7-6-13(18)14-3-2-8-20-14/h2-5,8-9H,6-7H2,1H3,(H,17,19). The summed E-state index contributed by atoms with van der Waals surface area (Å²) in [6.07, 6.45) is 0.438. The Morgan fingerprint density at radius 2 is 2.05 bits per heavy atom. The lowest BCUT2D eigenvalue weighted by molar-refractivity contribution is -0.116. The maximum atomic E-state index is 11.8. The van der Waals surface area contributed by atoms with Gasteiger partial charge in [-0.2, -0.15) is 0 Å². The Balaban J connectivity index is 1.86. The van der Waals surface area contributed by atoms with Crippen molar-refractivity contribution in [1.82, 2.24) is 0 Å². The van der Waals surface area contributed by atoms with E-state index in [1.54, 1.807) is 6.07 Å². The van der Waals surface area contributed by atoms with Crippen LogP contribution in [0.15, 0.2) is 40.2 Å². The molecule has 0 saturated heterocycles. The smallest absolute Gasteiger partial charge is 0.224 e. The van der Waals surface area contributed by atoms with E-state index in [1.165, 1.54) is 11.3 Å². The van der Waals surface area contributed by atoms with Gasteiger partial charge in [-0.1, -0.05) is 22.0 Å². The summed E-state index contributed by atoms with van der Waals surface area (Å²) in [6, 6.07) is 9.23. The van der Waals surface area contributed by atoms with Crippen molar-refractivity contribution in [1.29, 1.82) is 0 Å². The minimum Gasteiger partial charge on any atom is -0.326 e. The van der Waals surface area contributed by atoms with Crippen LogP contribution in [0, 0.1) is 6.92 Å². The SMILES string of the molecule is Cc1cc(NC(=O)CCC(=O)c2cccs2)ccc1Br. The van der Waals surface area contributed by atoms with Crippen molar-refractivity contribution in [2.75, 3.05) is 5.32 Å². The molecule has 0 atom stereocenters. The summed E-state index contributed by atoms with van der Waals surface area (Å²) >= 11 is 4.81. The summed E-state index contributed by atoms with van der Waals surface area (Å²) in [5.41, 5.74) is 1.80. The zero-order valence-corrected chi connectivity index (χ0v) is 13.4. The summed E-state index contributed by atoms with van der Waals surface area (Å²) in [5, 5.41) is 4.66. The summed E-state index contributed by atoms with van der Waals surface area (Å²) in [6.45, 7) is 1.96. The van der Waals surface area contributed by atoms with Gasteiger partial charge in [0.1, 0.15) is 0 Å². The lowest BCUT2D eigenvalue weighted by atomic mass is 10.1. The number of Topliss-reactive ketones (excluding diaryl/α,β-unsaturated/α-hetero) is 1. The van der Waals surface area contributed by atoms with Crippen molar-refractivity contribution in [3.8, 4) is 0 Å². The zero-order valence-electron chi connectivity index (χ0n) is 11.0. The van der Waals surface area contributed by atoms with Crippen molar-refractivity contribution in [3.05, 3.63) is 50.6 Å². The number of nitrogens with one attached hydrogen (secondary N) is 1. The van der Waals surface area contributed by atoms with Crippen molar-refractivity contribution < 1.29 is 9.59 Å². The molecular weight excluding hydrogens is 338 g/mol. The molecular formula is C15H14BrNO2S. The van der Waals surface area contributed by atoms with Gasteiger partial charge in [0.05, 0.1) is 4.88 Å². The number of hydrogen-bond donors (Lipinski definition) is 1. The number of aryl methyl sites for hydroxylation is 1. The van der Waals surface area contributed by atoms with Gasteiger partial charge < -0.3 is 5.32 Å². The first-order valence-electron chi connectivity index (χ1n) is 6.19. The van der Waals surface area contributed by atoms with Crippen molar-refractivity contribution >= 4 is 44.6 Å². The van der Waals surface area contributed by atoms with Gasteiger partial charge in [0.2, 0.25) is 5.91 Å². The molecule has 0 saturated carbocycles. The maximum absolute atomic E-state index is 11.8. The zero-order chi connectivity index (χ0) is 14.5. The Labute approximate surface area is 130 Å². The van der Waals surface area contributed by atoms with Crippen molar-refractivity contribution in [3.63, 3.8) is 0 Å². The topological polar surface area (TPSA) is 46.2 Å². The van der Waals surface area contributed by atoms with Crippen LogP contribution in [0.4, 0.5) is 5.69 Å². The van der Waals surface area contributed by atoms with E-state index in [0.717, 1.165) is 15.7 Å². The molecule has 2 aromatic rings. The summed E-state index contributed by atoms with van der Waals surface area (Å²) in [5.74, 6) is -0.126. The molecule has 0 unspecified atom stereocenters. The van der Waals surface area contributed by atoms with E-state index in [0.29, 0.717) is 4.88 Å². The van der Waals surface area contributed by atoms with Crippen LogP contribution >= 0.6 is 27.3 Å². The molecule has 1 N–H and O–H groups in total. The first-order chi connectivity index (χ1) is 9.56. The van der Waals surface area contributed by atoms with Crippen molar-refractivity contribution in [2.45, 2.75) is 19.8 Å². The predicted octanol–water partition coefficient (Wildman–Crippen LogP) is 4.42. The molecule has 0 bridgehead atoms. The molecule has 1 aromatic carbocycles. The third kappa shape index (κ3) is 4.02. The minimum atomic E-state index is -0.142. The number of ketones is 1. The van der Waals surface area contributed by atoms with Crippen molar-refractivity contribution in [2.24, 2.45) is 0 Å². The average Bonchev–Trinajstić information content (AvgIpc) is 2.94. The quantitative estimate of drug-likeness (QED) is 0.810. The minimum absolute atomic E-state index is 0.0159. The van der Waals surface area contributed by atoms with Gasteiger partial charge >= 0.3 is 0 Å². The molecule has 5 heteroatoms. The van der Waals surface area contributed by atoms with Gasteiger partial charge in [0.25, 0.3) is 0 Å². The third-order valence-electron chi connectivity index (χ3n) is 2.82. The molecule has 0 aliphatic heterocycles. The van der Waals surface area contributed by atoms with Crippen LogP contribution < -0.4 is 5.32 Å². The van der Waals surface area contributed by atoms with Gasteiger partial charge in [-0.25, -0.2) is 0 Å². The predicted molar refractivity (Wildman–Crippen MR) is 85.4 cm³/mol. The monoisotopic (exact) mass is 351 g/mol. The van der Waals surface area contributed by atoms with Gasteiger partial charge in [-0.15, -0.1) is 11.3 Å². The molecule has 0 fully saturated rings. The number of thiophene rings is 1. The Morgan fingerprint density at radius 1 is 1.25 bits per heavy atom. The van der Waals surface area contributed by atoms with Gasteiger partial charge in [-0.3, -0.25) is 9.59 Å². The molecule has 104 valence electrons. The Morgan fingerprint density at radius 3 is 2.70 bits per heavy atom. The molecule has 0 spiro atoms. The molecule has 1 heterocycles. The number of halogens is 1. The Bertz CT molecular complexity index is 623. The fraction of sp³-hybridized carbons (Fsp3) is 0.200. The third-order valence-corrected chi connectivity index (χ3v) is 4.62. The molecule has 1 aromatic heterocycles. The summed E-state index contributed by atoms with van der Waals surface area (Å²) in [4.78, 5) is 24.3. The largest absolute Gasteiger partial charge is 0.326 e. The normalized spacial score (nSPS) is 10.3. The molecule has 20 heavy (non-hydrogen) atoms. The van der Waals surface area contributed by atoms with Gasteiger partial charge in [0, 0.05) is 23.0 Å². The van der Waals surface area contributed by atoms with E-state index < -0.39 is 0 Å². The highest BCUT2D eigenvalue weighted by Crippen LogP contribution is 2.20. The van der Waals surface area contributed by atoms with E-state index in [2.05, 4.69) is 21.2 Å². The van der Waals surface area contributed by atoms with Crippen LogP contribution in [-0.4, -0.2) is 11.7 Å². The maximum Gasteiger partial charge on any atom is 0.224 e. The second-order valence-electron chi connectivity index (χ2n) is 4.41.